The van der Waals surface area contributed by atoms with Crippen LogP contribution >= 0.6 is 0 Å². The average molecular weight is 221 g/mol. The molecule has 1 saturated carbocycles. The summed E-state index contributed by atoms with van der Waals surface area (Å²) in [6.07, 6.45) is 7.68. The van der Waals surface area contributed by atoms with Gasteiger partial charge in [0.25, 0.3) is 0 Å². The fraction of sp³-hybridized carbons (Fsp3) is 0.636. The molecule has 0 unspecified atom stereocenters. The van der Waals surface area contributed by atoms with Crippen molar-refractivity contribution in [3.05, 3.63) is 18.5 Å². The highest BCUT2D eigenvalue weighted by Gasteiger charge is 2.16. The number of nitrogens with two attached hydrogens (primary N) is 1. The first kappa shape index (κ1) is 11.0. The van der Waals surface area contributed by atoms with Crippen molar-refractivity contribution in [2.75, 3.05) is 13.1 Å². The molecule has 0 atom stereocenters. The maximum Gasteiger partial charge on any atom is 0.188 e. The Morgan fingerprint density at radius 3 is 3.06 bits per heavy atom. The number of hydrogen-bond donors (Lipinski definition) is 2. The highest BCUT2D eigenvalue weighted by atomic mass is 15.3. The molecule has 0 radical (unpaired) electrons. The number of aliphatic imine (C=N–C) groups is 1. The van der Waals surface area contributed by atoms with Gasteiger partial charge in [-0.05, 0) is 24.8 Å². The third-order valence-electron chi connectivity index (χ3n) is 2.95. The molecule has 1 aliphatic carbocycles. The molecule has 0 bridgehead atoms. The molecule has 5 heteroatoms. The largest absolute Gasteiger partial charge is 0.370 e. The van der Waals surface area contributed by atoms with Crippen LogP contribution in [0, 0.1) is 5.92 Å². The van der Waals surface area contributed by atoms with E-state index in [0.717, 1.165) is 25.6 Å². The predicted molar refractivity (Wildman–Crippen MR) is 64.1 cm³/mol. The highest BCUT2D eigenvalue weighted by molar-refractivity contribution is 5.77. The standard InChI is InChI=1S/C11H19N5/c12-11(14-9-10-3-1-4-10)13-6-8-16-7-2-5-15-16/h2,5,7,10H,1,3-4,6,8-9H2,(H3,12,13,14). The van der Waals surface area contributed by atoms with Gasteiger partial charge in [0, 0.05) is 25.5 Å². The maximum absolute atomic E-state index is 5.75. The van der Waals surface area contributed by atoms with Gasteiger partial charge in [-0.25, -0.2) is 0 Å². The third kappa shape index (κ3) is 3.25. The summed E-state index contributed by atoms with van der Waals surface area (Å²) >= 11 is 0. The van der Waals surface area contributed by atoms with Crippen molar-refractivity contribution in [1.82, 2.24) is 15.1 Å². The lowest BCUT2D eigenvalue weighted by Crippen LogP contribution is -2.35. The molecule has 0 spiro atoms. The van der Waals surface area contributed by atoms with E-state index >= 15 is 0 Å². The van der Waals surface area contributed by atoms with Crippen LogP contribution in [0.1, 0.15) is 19.3 Å². The lowest BCUT2D eigenvalue weighted by molar-refractivity contribution is 0.326. The number of aromatic nitrogens is 2. The molecule has 1 aromatic heterocycles. The Morgan fingerprint density at radius 2 is 2.44 bits per heavy atom. The van der Waals surface area contributed by atoms with E-state index in [1.165, 1.54) is 19.3 Å². The molecular weight excluding hydrogens is 202 g/mol. The van der Waals surface area contributed by atoms with Crippen molar-refractivity contribution < 1.29 is 0 Å². The molecule has 88 valence electrons. The van der Waals surface area contributed by atoms with E-state index in [-0.39, 0.29) is 0 Å². The van der Waals surface area contributed by atoms with Crippen LogP contribution in [0.15, 0.2) is 23.5 Å². The minimum Gasteiger partial charge on any atom is -0.370 e. The van der Waals surface area contributed by atoms with Crippen LogP contribution in [0.5, 0.6) is 0 Å². The first-order chi connectivity index (χ1) is 7.84. The summed E-state index contributed by atoms with van der Waals surface area (Å²) in [5.41, 5.74) is 5.75. The van der Waals surface area contributed by atoms with Crippen LogP contribution in [-0.2, 0) is 6.54 Å². The van der Waals surface area contributed by atoms with Gasteiger partial charge >= 0.3 is 0 Å². The molecule has 2 rings (SSSR count). The predicted octanol–water partition coefficient (Wildman–Crippen LogP) is 0.587. The molecule has 1 aromatic rings. The lowest BCUT2D eigenvalue weighted by Gasteiger charge is -2.23. The summed E-state index contributed by atoms with van der Waals surface area (Å²) < 4.78 is 1.87. The van der Waals surface area contributed by atoms with Crippen LogP contribution < -0.4 is 11.1 Å². The van der Waals surface area contributed by atoms with Crippen molar-refractivity contribution in [1.29, 1.82) is 0 Å². The Kier molecular flexibility index (Phi) is 3.80. The van der Waals surface area contributed by atoms with E-state index in [9.17, 15) is 0 Å². The van der Waals surface area contributed by atoms with Gasteiger partial charge in [0.1, 0.15) is 0 Å². The van der Waals surface area contributed by atoms with Gasteiger partial charge in [0.2, 0.25) is 0 Å². The number of nitrogens with one attached hydrogen (secondary N) is 1. The molecular formula is C11H19N5. The molecule has 1 fully saturated rings. The SMILES string of the molecule is NC(=NCC1CCC1)NCCn1cccn1. The summed E-state index contributed by atoms with van der Waals surface area (Å²) in [4.78, 5) is 4.32. The zero-order valence-electron chi connectivity index (χ0n) is 9.47. The van der Waals surface area contributed by atoms with E-state index < -0.39 is 0 Å². The molecule has 0 aromatic carbocycles. The fourth-order valence-corrected chi connectivity index (χ4v) is 1.69. The minimum absolute atomic E-state index is 0.555. The quantitative estimate of drug-likeness (QED) is 0.565. The normalized spacial score (nSPS) is 17.1. The molecule has 1 aliphatic rings. The van der Waals surface area contributed by atoms with E-state index in [2.05, 4.69) is 15.4 Å². The molecule has 0 aliphatic heterocycles. The van der Waals surface area contributed by atoms with Gasteiger partial charge in [-0.1, -0.05) is 6.42 Å². The van der Waals surface area contributed by atoms with Gasteiger partial charge in [-0.3, -0.25) is 9.67 Å². The highest BCUT2D eigenvalue weighted by Crippen LogP contribution is 2.26. The van der Waals surface area contributed by atoms with Crippen LogP contribution in [0.3, 0.4) is 0 Å². The molecule has 1 heterocycles. The topological polar surface area (TPSA) is 68.2 Å². The smallest absolute Gasteiger partial charge is 0.188 e. The number of nitrogens with zero attached hydrogens (tertiary/aromatic N) is 3. The zero-order valence-corrected chi connectivity index (χ0v) is 9.47. The Labute approximate surface area is 95.7 Å². The number of rotatable bonds is 5. The number of guanidine groups is 1. The van der Waals surface area contributed by atoms with E-state index in [1.54, 1.807) is 6.20 Å². The van der Waals surface area contributed by atoms with E-state index in [0.29, 0.717) is 5.96 Å². The molecule has 0 saturated heterocycles. The monoisotopic (exact) mass is 221 g/mol. The van der Waals surface area contributed by atoms with Crippen molar-refractivity contribution >= 4 is 5.96 Å². The summed E-state index contributed by atoms with van der Waals surface area (Å²) in [7, 11) is 0. The Hall–Kier alpha value is -1.52. The first-order valence-electron chi connectivity index (χ1n) is 5.86. The maximum atomic E-state index is 5.75. The molecule has 0 amide bonds. The summed E-state index contributed by atoms with van der Waals surface area (Å²) in [5, 5.41) is 7.20. The van der Waals surface area contributed by atoms with Crippen LogP contribution in [0.2, 0.25) is 0 Å². The van der Waals surface area contributed by atoms with Crippen molar-refractivity contribution in [3.8, 4) is 0 Å². The Balaban J connectivity index is 1.61. The average Bonchev–Trinajstić information content (AvgIpc) is 2.68. The summed E-state index contributed by atoms with van der Waals surface area (Å²) in [6.45, 7) is 2.45. The second-order valence-corrected chi connectivity index (χ2v) is 4.22. The third-order valence-corrected chi connectivity index (χ3v) is 2.95. The van der Waals surface area contributed by atoms with Crippen LogP contribution in [-0.4, -0.2) is 28.8 Å². The Morgan fingerprint density at radius 1 is 1.56 bits per heavy atom. The minimum atomic E-state index is 0.555. The Bertz CT molecular complexity index is 326. The van der Waals surface area contributed by atoms with E-state index in [1.807, 2.05) is 16.9 Å². The molecule has 3 N–H and O–H groups in total. The molecule has 5 nitrogen and oxygen atoms in total. The lowest BCUT2D eigenvalue weighted by atomic mass is 9.86. The second-order valence-electron chi connectivity index (χ2n) is 4.22. The van der Waals surface area contributed by atoms with Gasteiger partial charge in [0.15, 0.2) is 5.96 Å². The number of hydrogen-bond acceptors (Lipinski definition) is 2. The van der Waals surface area contributed by atoms with Gasteiger partial charge < -0.3 is 11.1 Å². The van der Waals surface area contributed by atoms with Gasteiger partial charge in [-0.2, -0.15) is 5.10 Å². The second kappa shape index (κ2) is 5.53. The van der Waals surface area contributed by atoms with Crippen molar-refractivity contribution in [3.63, 3.8) is 0 Å². The first-order valence-corrected chi connectivity index (χ1v) is 5.86. The van der Waals surface area contributed by atoms with E-state index in [4.69, 9.17) is 5.73 Å². The summed E-state index contributed by atoms with van der Waals surface area (Å²) in [6, 6.07) is 1.91. The zero-order chi connectivity index (χ0) is 11.2. The fourth-order valence-electron chi connectivity index (χ4n) is 1.69. The summed E-state index contributed by atoms with van der Waals surface area (Å²) in [5.74, 6) is 1.32. The van der Waals surface area contributed by atoms with Crippen LogP contribution in [0.25, 0.3) is 0 Å². The van der Waals surface area contributed by atoms with Crippen molar-refractivity contribution in [2.45, 2.75) is 25.8 Å². The van der Waals surface area contributed by atoms with Crippen LogP contribution in [0.4, 0.5) is 0 Å². The van der Waals surface area contributed by atoms with Gasteiger partial charge in [0.05, 0.1) is 6.54 Å². The van der Waals surface area contributed by atoms with Gasteiger partial charge in [-0.15, -0.1) is 0 Å². The van der Waals surface area contributed by atoms with Crippen molar-refractivity contribution in [2.24, 2.45) is 16.6 Å². The molecule has 16 heavy (non-hydrogen) atoms.